The molecule has 0 unspecified atom stereocenters. The number of benzene rings is 9. The van der Waals surface area contributed by atoms with Gasteiger partial charge in [0.1, 0.15) is 0 Å². The second kappa shape index (κ2) is 13.7. The Hall–Kier alpha value is -7.42. The van der Waals surface area contributed by atoms with Crippen LogP contribution in [-0.2, 0) is 0 Å². The van der Waals surface area contributed by atoms with Crippen LogP contribution >= 0.6 is 0 Å². The first kappa shape index (κ1) is 33.9. The minimum atomic E-state index is 1.15. The Bertz CT molecular complexity index is 3330. The van der Waals surface area contributed by atoms with Gasteiger partial charge in [0, 0.05) is 32.9 Å². The number of aryl methyl sites for hydroxylation is 2. The van der Waals surface area contributed by atoms with E-state index in [1.165, 1.54) is 99.2 Å². The smallest absolute Gasteiger partial charge is 0.0541 e. The summed E-state index contributed by atoms with van der Waals surface area (Å²) in [5.41, 5.74) is 19.4. The molecular weight excluding hydrogens is 701 g/mol. The Morgan fingerprint density at radius 1 is 0.241 bits per heavy atom. The highest BCUT2D eigenvalue weighted by atomic mass is 15.0. The zero-order valence-corrected chi connectivity index (χ0v) is 32.5. The zero-order valence-electron chi connectivity index (χ0n) is 32.5. The maximum atomic E-state index is 2.40. The van der Waals surface area contributed by atoms with Crippen molar-refractivity contribution in [3.05, 3.63) is 217 Å². The van der Waals surface area contributed by atoms with E-state index < -0.39 is 0 Å². The van der Waals surface area contributed by atoms with Gasteiger partial charge in [-0.15, -0.1) is 0 Å². The van der Waals surface area contributed by atoms with Crippen LogP contribution in [0.4, 0.5) is 0 Å². The molecule has 11 rings (SSSR count). The van der Waals surface area contributed by atoms with Crippen molar-refractivity contribution in [3.8, 4) is 55.9 Å². The predicted octanol–water partition coefficient (Wildman–Crippen LogP) is 15.2. The van der Waals surface area contributed by atoms with Crippen LogP contribution in [0, 0.1) is 13.8 Å². The molecule has 0 bridgehead atoms. The van der Waals surface area contributed by atoms with E-state index >= 15 is 0 Å². The molecule has 0 aliphatic rings. The maximum absolute atomic E-state index is 2.40. The van der Waals surface area contributed by atoms with E-state index in [0.29, 0.717) is 0 Å². The molecule has 0 aliphatic heterocycles. The van der Waals surface area contributed by atoms with Gasteiger partial charge in [0.15, 0.2) is 0 Å². The Labute approximate surface area is 338 Å². The molecule has 2 heteroatoms. The summed E-state index contributed by atoms with van der Waals surface area (Å²) in [7, 11) is 0. The quantitative estimate of drug-likeness (QED) is 0.161. The van der Waals surface area contributed by atoms with Crippen LogP contribution in [0.1, 0.15) is 11.1 Å². The summed E-state index contributed by atoms with van der Waals surface area (Å²) in [5, 5.41) is 5.06. The van der Waals surface area contributed by atoms with Crippen molar-refractivity contribution >= 4 is 43.6 Å². The number of nitrogens with zero attached hydrogens (tertiary/aromatic N) is 2. The highest BCUT2D eigenvalue weighted by Gasteiger charge is 2.16. The van der Waals surface area contributed by atoms with E-state index in [9.17, 15) is 0 Å². The lowest BCUT2D eigenvalue weighted by atomic mass is 9.97. The predicted molar refractivity (Wildman–Crippen MR) is 246 cm³/mol. The van der Waals surface area contributed by atoms with Gasteiger partial charge in [0.05, 0.1) is 22.1 Å². The minimum Gasteiger partial charge on any atom is -0.309 e. The summed E-state index contributed by atoms with van der Waals surface area (Å²) in [6.45, 7) is 4.33. The molecule has 2 heterocycles. The van der Waals surface area contributed by atoms with Gasteiger partial charge in [0.2, 0.25) is 0 Å². The highest BCUT2D eigenvalue weighted by Crippen LogP contribution is 2.38. The molecule has 58 heavy (non-hydrogen) atoms. The molecule has 2 aromatic heterocycles. The molecule has 0 saturated heterocycles. The van der Waals surface area contributed by atoms with E-state index in [4.69, 9.17) is 0 Å². The Morgan fingerprint density at radius 2 is 0.638 bits per heavy atom. The lowest BCUT2D eigenvalue weighted by Crippen LogP contribution is -1.94. The largest absolute Gasteiger partial charge is 0.309 e. The highest BCUT2D eigenvalue weighted by molar-refractivity contribution is 6.12. The second-order valence-electron chi connectivity index (χ2n) is 15.6. The molecule has 0 fully saturated rings. The minimum absolute atomic E-state index is 1.15. The lowest BCUT2D eigenvalue weighted by molar-refractivity contribution is 1.18. The Balaban J connectivity index is 0.948. The number of aromatic nitrogens is 2. The maximum Gasteiger partial charge on any atom is 0.0541 e. The third-order valence-corrected chi connectivity index (χ3v) is 11.8. The molecule has 2 nitrogen and oxygen atoms in total. The van der Waals surface area contributed by atoms with Gasteiger partial charge in [-0.05, 0) is 131 Å². The topological polar surface area (TPSA) is 9.86 Å². The fourth-order valence-electron chi connectivity index (χ4n) is 8.96. The Morgan fingerprint density at radius 3 is 1.28 bits per heavy atom. The molecule has 0 amide bonds. The standard InChI is InChI=1S/C56H40N2/c1-37-10-8-13-42(32-37)45-23-30-55-51(35-45)49-16-6-7-17-53(49)57(55)47-27-21-41(22-28-47)43-14-9-15-44(34-43)46-24-31-56-52(36-46)50-33-38(2)18-29-54(50)58(56)48-25-19-40(20-26-48)39-11-4-3-5-12-39/h3-36H,1-2H3. The molecule has 0 aliphatic carbocycles. The summed E-state index contributed by atoms with van der Waals surface area (Å²) in [5.74, 6) is 0. The molecule has 0 spiro atoms. The zero-order chi connectivity index (χ0) is 38.7. The monoisotopic (exact) mass is 740 g/mol. The van der Waals surface area contributed by atoms with E-state index in [-0.39, 0.29) is 0 Å². The molecule has 11 aromatic rings. The number of fused-ring (bicyclic) bond motifs is 6. The molecule has 274 valence electrons. The number of para-hydroxylation sites is 1. The normalized spacial score (nSPS) is 11.6. The summed E-state index contributed by atoms with van der Waals surface area (Å²) >= 11 is 0. The van der Waals surface area contributed by atoms with E-state index in [2.05, 4.69) is 229 Å². The molecule has 0 N–H and O–H groups in total. The molecule has 9 aromatic carbocycles. The van der Waals surface area contributed by atoms with Gasteiger partial charge >= 0.3 is 0 Å². The first-order valence-electron chi connectivity index (χ1n) is 20.1. The number of hydrogen-bond donors (Lipinski definition) is 0. The molecule has 0 atom stereocenters. The van der Waals surface area contributed by atoms with Crippen molar-refractivity contribution in [1.82, 2.24) is 9.13 Å². The average Bonchev–Trinajstić information content (AvgIpc) is 3.78. The molecule has 0 saturated carbocycles. The molecule has 0 radical (unpaired) electrons. The fourth-order valence-corrected chi connectivity index (χ4v) is 8.96. The van der Waals surface area contributed by atoms with Crippen LogP contribution in [0.2, 0.25) is 0 Å². The second-order valence-corrected chi connectivity index (χ2v) is 15.6. The van der Waals surface area contributed by atoms with Gasteiger partial charge < -0.3 is 9.13 Å². The van der Waals surface area contributed by atoms with Crippen LogP contribution < -0.4 is 0 Å². The van der Waals surface area contributed by atoms with Crippen molar-refractivity contribution in [3.63, 3.8) is 0 Å². The van der Waals surface area contributed by atoms with Crippen molar-refractivity contribution < 1.29 is 0 Å². The van der Waals surface area contributed by atoms with Crippen molar-refractivity contribution in [2.24, 2.45) is 0 Å². The first-order valence-corrected chi connectivity index (χ1v) is 20.1. The van der Waals surface area contributed by atoms with Crippen LogP contribution in [0.3, 0.4) is 0 Å². The number of rotatable bonds is 6. The number of hydrogen-bond acceptors (Lipinski definition) is 0. The van der Waals surface area contributed by atoms with Gasteiger partial charge in [-0.2, -0.15) is 0 Å². The van der Waals surface area contributed by atoms with E-state index in [1.807, 2.05) is 0 Å². The fraction of sp³-hybridized carbons (Fsp3) is 0.0357. The van der Waals surface area contributed by atoms with Crippen LogP contribution in [-0.4, -0.2) is 9.13 Å². The van der Waals surface area contributed by atoms with Crippen LogP contribution in [0.5, 0.6) is 0 Å². The van der Waals surface area contributed by atoms with Crippen molar-refractivity contribution in [2.45, 2.75) is 13.8 Å². The average molecular weight is 741 g/mol. The summed E-state index contributed by atoms with van der Waals surface area (Å²) in [6, 6.07) is 75.7. The third kappa shape index (κ3) is 5.73. The first-order chi connectivity index (χ1) is 28.6. The van der Waals surface area contributed by atoms with Gasteiger partial charge in [-0.3, -0.25) is 0 Å². The third-order valence-electron chi connectivity index (χ3n) is 11.8. The van der Waals surface area contributed by atoms with Gasteiger partial charge in [0.25, 0.3) is 0 Å². The van der Waals surface area contributed by atoms with Gasteiger partial charge in [-0.1, -0.05) is 145 Å². The van der Waals surface area contributed by atoms with Gasteiger partial charge in [-0.25, -0.2) is 0 Å². The SMILES string of the molecule is Cc1cccc(-c2ccc3c(c2)c2ccccc2n3-c2ccc(-c3cccc(-c4ccc5c(c4)c4cc(C)ccc4n5-c4ccc(-c5ccccc5)cc4)c3)cc2)c1. The van der Waals surface area contributed by atoms with E-state index in [1.54, 1.807) is 0 Å². The Kier molecular flexibility index (Phi) is 7.97. The van der Waals surface area contributed by atoms with Crippen LogP contribution in [0.25, 0.3) is 99.5 Å². The molecular formula is C56H40N2. The van der Waals surface area contributed by atoms with Crippen molar-refractivity contribution in [1.29, 1.82) is 0 Å². The van der Waals surface area contributed by atoms with Crippen LogP contribution in [0.15, 0.2) is 206 Å². The summed E-state index contributed by atoms with van der Waals surface area (Å²) < 4.78 is 4.80. The summed E-state index contributed by atoms with van der Waals surface area (Å²) in [4.78, 5) is 0. The van der Waals surface area contributed by atoms with E-state index in [0.717, 1.165) is 11.4 Å². The summed E-state index contributed by atoms with van der Waals surface area (Å²) in [6.07, 6.45) is 0. The van der Waals surface area contributed by atoms with Crippen molar-refractivity contribution in [2.75, 3.05) is 0 Å². The lowest BCUT2D eigenvalue weighted by Gasteiger charge is -2.11.